The number of carbonyl (C=O) groups is 1. The van der Waals surface area contributed by atoms with Crippen LogP contribution in [0.5, 0.6) is 0 Å². The summed E-state index contributed by atoms with van der Waals surface area (Å²) in [6.45, 7) is 8.31. The van der Waals surface area contributed by atoms with Gasteiger partial charge >= 0.3 is 0 Å². The summed E-state index contributed by atoms with van der Waals surface area (Å²) in [5, 5.41) is 7.54. The molecular weight excluding hydrogens is 368 g/mol. The molecule has 0 unspecified atom stereocenters. The molecule has 0 aromatic heterocycles. The molecule has 2 rings (SSSR count). The number of hydrogen-bond donors (Lipinski definition) is 2. The molecule has 0 saturated heterocycles. The fourth-order valence-corrected chi connectivity index (χ4v) is 3.65. The number of thioether (sulfide) groups is 1. The first-order chi connectivity index (χ1) is 12.0. The summed E-state index contributed by atoms with van der Waals surface area (Å²) >= 11 is 1.47. The van der Waals surface area contributed by atoms with E-state index in [0.717, 1.165) is 4.90 Å². The molecule has 0 heterocycles. The van der Waals surface area contributed by atoms with Gasteiger partial charge in [-0.25, -0.2) is 13.6 Å². The number of amides is 1. The van der Waals surface area contributed by atoms with Crippen LogP contribution in [-0.2, 0) is 20.2 Å². The number of benzene rings is 2. The zero-order valence-corrected chi connectivity index (χ0v) is 16.9. The first-order valence-electron chi connectivity index (χ1n) is 8.18. The topological polar surface area (TPSA) is 89.3 Å². The Labute approximate surface area is 159 Å². The maximum absolute atomic E-state index is 12.3. The first kappa shape index (κ1) is 20.5. The van der Waals surface area contributed by atoms with E-state index in [1.54, 1.807) is 0 Å². The van der Waals surface area contributed by atoms with Crippen molar-refractivity contribution in [3.63, 3.8) is 0 Å². The van der Waals surface area contributed by atoms with Gasteiger partial charge in [-0.05, 0) is 54.3 Å². The molecule has 0 aliphatic heterocycles. The lowest BCUT2D eigenvalue weighted by Crippen LogP contribution is -2.22. The molecule has 0 radical (unpaired) electrons. The van der Waals surface area contributed by atoms with Gasteiger partial charge in [0.15, 0.2) is 0 Å². The maximum Gasteiger partial charge on any atom is 0.238 e. The van der Waals surface area contributed by atoms with Crippen molar-refractivity contribution in [1.29, 1.82) is 0 Å². The van der Waals surface area contributed by atoms with E-state index in [1.807, 2.05) is 19.1 Å². The van der Waals surface area contributed by atoms with Gasteiger partial charge in [-0.1, -0.05) is 32.9 Å². The number of carbonyl (C=O) groups excluding carboxylic acids is 1. The molecule has 2 aromatic rings. The molecule has 7 heteroatoms. The Morgan fingerprint density at radius 3 is 2.04 bits per heavy atom. The van der Waals surface area contributed by atoms with Gasteiger partial charge in [-0.2, -0.15) is 0 Å². The lowest BCUT2D eigenvalue weighted by Gasteiger charge is -2.19. The second kappa shape index (κ2) is 7.82. The van der Waals surface area contributed by atoms with E-state index in [4.69, 9.17) is 5.14 Å². The molecule has 1 amide bonds. The summed E-state index contributed by atoms with van der Waals surface area (Å²) in [7, 11) is -3.74. The molecule has 0 aliphatic rings. The van der Waals surface area contributed by atoms with Gasteiger partial charge in [0.05, 0.1) is 10.1 Å². The molecule has 3 N–H and O–H groups in total. The van der Waals surface area contributed by atoms with Crippen molar-refractivity contribution in [3.05, 3.63) is 54.1 Å². The summed E-state index contributed by atoms with van der Waals surface area (Å²) in [5.41, 5.74) is 1.86. The number of anilines is 1. The second-order valence-electron chi connectivity index (χ2n) is 7.09. The van der Waals surface area contributed by atoms with E-state index in [0.29, 0.717) is 5.69 Å². The van der Waals surface area contributed by atoms with E-state index in [9.17, 15) is 13.2 Å². The Kier molecular flexibility index (Phi) is 6.16. The Morgan fingerprint density at radius 2 is 1.58 bits per heavy atom. The minimum Gasteiger partial charge on any atom is -0.325 e. The summed E-state index contributed by atoms with van der Waals surface area (Å²) in [6.07, 6.45) is 0. The van der Waals surface area contributed by atoms with E-state index in [2.05, 4.69) is 38.2 Å². The van der Waals surface area contributed by atoms with E-state index in [1.165, 1.54) is 41.6 Å². The lowest BCUT2D eigenvalue weighted by atomic mass is 9.87. The monoisotopic (exact) mass is 392 g/mol. The highest BCUT2D eigenvalue weighted by Crippen LogP contribution is 2.28. The van der Waals surface area contributed by atoms with Crippen molar-refractivity contribution in [1.82, 2.24) is 0 Å². The van der Waals surface area contributed by atoms with Gasteiger partial charge in [0.1, 0.15) is 0 Å². The average Bonchev–Trinajstić information content (AvgIpc) is 2.54. The van der Waals surface area contributed by atoms with Crippen molar-refractivity contribution in [3.8, 4) is 0 Å². The highest BCUT2D eigenvalue weighted by atomic mass is 32.2. The molecule has 0 bridgehead atoms. The van der Waals surface area contributed by atoms with Gasteiger partial charge in [-0.3, -0.25) is 4.79 Å². The standard InChI is InChI=1S/C19H24N2O3S2/c1-13(25-16-9-5-14(6-10-16)19(2,3)4)18(22)21-15-7-11-17(12-8-15)26(20,23)24/h5-13H,1-4H3,(H,21,22)(H2,20,23,24)/t13-/m0/s1. The zero-order chi connectivity index (χ0) is 19.5. The summed E-state index contributed by atoms with van der Waals surface area (Å²) < 4.78 is 22.5. The largest absolute Gasteiger partial charge is 0.325 e. The molecule has 1 atom stereocenters. The molecule has 2 aromatic carbocycles. The van der Waals surface area contributed by atoms with Crippen molar-refractivity contribution in [2.45, 2.75) is 48.2 Å². The van der Waals surface area contributed by atoms with Crippen LogP contribution in [0, 0.1) is 0 Å². The zero-order valence-electron chi connectivity index (χ0n) is 15.3. The number of hydrogen-bond acceptors (Lipinski definition) is 4. The Hall–Kier alpha value is -1.83. The van der Waals surface area contributed by atoms with E-state index in [-0.39, 0.29) is 21.5 Å². The highest BCUT2D eigenvalue weighted by Gasteiger charge is 2.17. The number of primary sulfonamides is 1. The smallest absolute Gasteiger partial charge is 0.238 e. The molecule has 140 valence electrons. The average molecular weight is 393 g/mol. The lowest BCUT2D eigenvalue weighted by molar-refractivity contribution is -0.115. The third-order valence-electron chi connectivity index (χ3n) is 3.85. The predicted octanol–water partition coefficient (Wildman–Crippen LogP) is 3.75. The Bertz CT molecular complexity index is 868. The van der Waals surface area contributed by atoms with Gasteiger partial charge in [0, 0.05) is 10.6 Å². The molecule has 0 saturated carbocycles. The summed E-state index contributed by atoms with van der Waals surface area (Å²) in [6, 6.07) is 14.0. The van der Waals surface area contributed by atoms with Crippen LogP contribution in [0.4, 0.5) is 5.69 Å². The van der Waals surface area contributed by atoms with Crippen molar-refractivity contribution in [2.24, 2.45) is 5.14 Å². The second-order valence-corrected chi connectivity index (χ2v) is 10.1. The van der Waals surface area contributed by atoms with Crippen LogP contribution in [0.15, 0.2) is 58.3 Å². The van der Waals surface area contributed by atoms with Crippen LogP contribution in [0.1, 0.15) is 33.3 Å². The number of sulfonamides is 1. The van der Waals surface area contributed by atoms with Crippen molar-refractivity contribution < 1.29 is 13.2 Å². The number of nitrogens with one attached hydrogen (secondary N) is 1. The molecule has 26 heavy (non-hydrogen) atoms. The van der Waals surface area contributed by atoms with E-state index >= 15 is 0 Å². The summed E-state index contributed by atoms with van der Waals surface area (Å²) in [4.78, 5) is 13.4. The molecule has 5 nitrogen and oxygen atoms in total. The molecule has 0 aliphatic carbocycles. The van der Waals surface area contributed by atoms with Crippen LogP contribution < -0.4 is 10.5 Å². The van der Waals surface area contributed by atoms with Crippen molar-refractivity contribution in [2.75, 3.05) is 5.32 Å². The van der Waals surface area contributed by atoms with Crippen LogP contribution >= 0.6 is 11.8 Å². The number of rotatable bonds is 5. The first-order valence-corrected chi connectivity index (χ1v) is 10.6. The fourth-order valence-electron chi connectivity index (χ4n) is 2.26. The van der Waals surface area contributed by atoms with Crippen LogP contribution in [-0.4, -0.2) is 19.6 Å². The SMILES string of the molecule is C[C@H](Sc1ccc(C(C)(C)C)cc1)C(=O)Nc1ccc(S(N)(=O)=O)cc1. The predicted molar refractivity (Wildman–Crippen MR) is 107 cm³/mol. The van der Waals surface area contributed by atoms with Crippen LogP contribution in [0.3, 0.4) is 0 Å². The quantitative estimate of drug-likeness (QED) is 0.759. The van der Waals surface area contributed by atoms with E-state index < -0.39 is 10.0 Å². The fraction of sp³-hybridized carbons (Fsp3) is 0.316. The maximum atomic E-state index is 12.3. The Morgan fingerprint density at radius 1 is 1.04 bits per heavy atom. The molecular formula is C19H24N2O3S2. The Balaban J connectivity index is 1.99. The summed E-state index contributed by atoms with van der Waals surface area (Å²) in [5.74, 6) is -0.154. The minimum atomic E-state index is -3.74. The van der Waals surface area contributed by atoms with Gasteiger partial charge < -0.3 is 5.32 Å². The third kappa shape index (κ3) is 5.59. The third-order valence-corrected chi connectivity index (χ3v) is 5.89. The molecule has 0 fully saturated rings. The van der Waals surface area contributed by atoms with Crippen LogP contribution in [0.25, 0.3) is 0 Å². The molecule has 0 spiro atoms. The van der Waals surface area contributed by atoms with Crippen molar-refractivity contribution >= 4 is 33.4 Å². The van der Waals surface area contributed by atoms with Crippen LogP contribution in [0.2, 0.25) is 0 Å². The normalized spacial score (nSPS) is 13.3. The van der Waals surface area contributed by atoms with Gasteiger partial charge in [0.2, 0.25) is 15.9 Å². The van der Waals surface area contributed by atoms with Gasteiger partial charge in [0.25, 0.3) is 0 Å². The van der Waals surface area contributed by atoms with Gasteiger partial charge in [-0.15, -0.1) is 11.8 Å². The minimum absolute atomic E-state index is 0.0110. The highest BCUT2D eigenvalue weighted by molar-refractivity contribution is 8.00. The number of nitrogens with two attached hydrogens (primary N) is 1.